The van der Waals surface area contributed by atoms with E-state index < -0.39 is 5.69 Å². The molecule has 0 saturated heterocycles. The molecule has 94 valence electrons. The zero-order valence-electron chi connectivity index (χ0n) is 10.3. The van der Waals surface area contributed by atoms with Crippen molar-refractivity contribution >= 4 is 22.9 Å². The van der Waals surface area contributed by atoms with Crippen LogP contribution in [-0.2, 0) is 20.6 Å². The Hall–Kier alpha value is -1.94. The number of thioether (sulfide) groups is 1. The Balaban J connectivity index is 3.06. The van der Waals surface area contributed by atoms with E-state index in [-0.39, 0.29) is 12.1 Å². The molecule has 0 aliphatic carbocycles. The van der Waals surface area contributed by atoms with Crippen molar-refractivity contribution in [2.24, 2.45) is 14.1 Å². The highest BCUT2D eigenvalue weighted by atomic mass is 32.2. The molecule has 2 heterocycles. The number of rotatable bonds is 2. The van der Waals surface area contributed by atoms with E-state index in [2.05, 4.69) is 10.9 Å². The van der Waals surface area contributed by atoms with Crippen LogP contribution in [0, 0.1) is 12.3 Å². The molecule has 7 heteroatoms. The Morgan fingerprint density at radius 1 is 1.33 bits per heavy atom. The van der Waals surface area contributed by atoms with E-state index in [9.17, 15) is 9.59 Å². The normalized spacial score (nSPS) is 10.8. The van der Waals surface area contributed by atoms with Crippen LogP contribution in [0.2, 0.25) is 0 Å². The Labute approximate surface area is 107 Å². The third-order valence-corrected chi connectivity index (χ3v) is 3.48. The van der Waals surface area contributed by atoms with Gasteiger partial charge in [0, 0.05) is 14.1 Å². The summed E-state index contributed by atoms with van der Waals surface area (Å²) in [5.41, 5.74) is -0.0839. The lowest BCUT2D eigenvalue weighted by molar-refractivity contribution is 0.682. The predicted molar refractivity (Wildman–Crippen MR) is 70.8 cm³/mol. The summed E-state index contributed by atoms with van der Waals surface area (Å²) in [7, 11) is 3.18. The van der Waals surface area contributed by atoms with Crippen LogP contribution in [0.25, 0.3) is 11.2 Å². The lowest BCUT2D eigenvalue weighted by Gasteiger charge is -2.05. The van der Waals surface area contributed by atoms with Crippen molar-refractivity contribution in [2.45, 2.75) is 11.7 Å². The molecule has 2 rings (SSSR count). The zero-order valence-corrected chi connectivity index (χ0v) is 11.1. The summed E-state index contributed by atoms with van der Waals surface area (Å²) in [6.07, 6.45) is 7.11. The van der Waals surface area contributed by atoms with Gasteiger partial charge in [-0.2, -0.15) is 0 Å². The van der Waals surface area contributed by atoms with Gasteiger partial charge in [-0.3, -0.25) is 13.9 Å². The molecule has 6 nitrogen and oxygen atoms in total. The van der Waals surface area contributed by atoms with Crippen LogP contribution in [0.15, 0.2) is 14.7 Å². The van der Waals surface area contributed by atoms with Crippen molar-refractivity contribution in [3.63, 3.8) is 0 Å². The van der Waals surface area contributed by atoms with Crippen molar-refractivity contribution in [1.29, 1.82) is 0 Å². The van der Waals surface area contributed by atoms with Crippen LogP contribution in [-0.4, -0.2) is 24.9 Å². The summed E-state index contributed by atoms with van der Waals surface area (Å²) < 4.78 is 4.05. The Morgan fingerprint density at radius 2 is 2.00 bits per heavy atom. The number of hydrogen-bond acceptors (Lipinski definition) is 4. The van der Waals surface area contributed by atoms with E-state index in [0.717, 1.165) is 4.57 Å². The maximum Gasteiger partial charge on any atom is 0.333 e. The molecule has 0 radical (unpaired) electrons. The van der Waals surface area contributed by atoms with Crippen LogP contribution in [0.3, 0.4) is 0 Å². The van der Waals surface area contributed by atoms with Gasteiger partial charge in [0.05, 0.1) is 6.54 Å². The third-order valence-electron chi connectivity index (χ3n) is 2.75. The van der Waals surface area contributed by atoms with Gasteiger partial charge in [-0.05, 0) is 6.26 Å². The highest BCUT2D eigenvalue weighted by Crippen LogP contribution is 2.17. The van der Waals surface area contributed by atoms with Gasteiger partial charge in [0.25, 0.3) is 5.56 Å². The average Bonchev–Trinajstić information content (AvgIpc) is 2.69. The van der Waals surface area contributed by atoms with Gasteiger partial charge >= 0.3 is 5.69 Å². The van der Waals surface area contributed by atoms with Gasteiger partial charge in [0.2, 0.25) is 0 Å². The quantitative estimate of drug-likeness (QED) is 0.556. The minimum Gasteiger partial charge on any atom is -0.316 e. The van der Waals surface area contributed by atoms with E-state index in [4.69, 9.17) is 6.42 Å². The molecule has 2 aromatic heterocycles. The predicted octanol–water partition coefficient (Wildman–Crippen LogP) is -0.211. The SMILES string of the molecule is C#CCn1c(=O)n(C)c(=O)c2c1nc(SC)n2C. The van der Waals surface area contributed by atoms with Crippen LogP contribution in [0.4, 0.5) is 0 Å². The minimum absolute atomic E-state index is 0.0916. The Kier molecular flexibility index (Phi) is 3.05. The smallest absolute Gasteiger partial charge is 0.316 e. The van der Waals surface area contributed by atoms with Crippen LogP contribution in [0.1, 0.15) is 0 Å². The summed E-state index contributed by atoms with van der Waals surface area (Å²) in [6.45, 7) is 0.0916. The summed E-state index contributed by atoms with van der Waals surface area (Å²) >= 11 is 1.41. The molecule has 0 amide bonds. The molecule has 0 bridgehead atoms. The first-order valence-corrected chi connectivity index (χ1v) is 6.39. The molecular weight excluding hydrogens is 252 g/mol. The molecule has 0 aromatic carbocycles. The van der Waals surface area contributed by atoms with E-state index >= 15 is 0 Å². The van der Waals surface area contributed by atoms with Crippen LogP contribution < -0.4 is 11.2 Å². The molecule has 0 N–H and O–H groups in total. The van der Waals surface area contributed by atoms with Gasteiger partial charge in [-0.15, -0.1) is 6.42 Å². The van der Waals surface area contributed by atoms with Gasteiger partial charge in [0.15, 0.2) is 16.3 Å². The maximum atomic E-state index is 12.1. The largest absolute Gasteiger partial charge is 0.333 e. The number of aromatic nitrogens is 4. The van der Waals surface area contributed by atoms with Crippen LogP contribution in [0.5, 0.6) is 0 Å². The molecule has 0 spiro atoms. The molecule has 0 fully saturated rings. The summed E-state index contributed by atoms with van der Waals surface area (Å²) in [6, 6.07) is 0. The molecule has 0 saturated carbocycles. The molecular formula is C11H12N4O2S. The molecule has 0 atom stereocenters. The second-order valence-corrected chi connectivity index (χ2v) is 4.54. The number of terminal acetylenes is 1. The third kappa shape index (κ3) is 1.57. The van der Waals surface area contributed by atoms with Gasteiger partial charge in [-0.1, -0.05) is 17.7 Å². The van der Waals surface area contributed by atoms with Gasteiger partial charge in [0.1, 0.15) is 0 Å². The summed E-state index contributed by atoms with van der Waals surface area (Å²) in [5.74, 6) is 2.40. The van der Waals surface area contributed by atoms with Gasteiger partial charge in [-0.25, -0.2) is 9.78 Å². The standard InChI is InChI=1S/C11H12N4O2S/c1-5-6-15-8-7(9(16)14(3)11(15)17)13(2)10(12-8)18-4/h1H,6H2,2-4H3. The minimum atomic E-state index is -0.448. The maximum absolute atomic E-state index is 12.1. The molecule has 2 aromatic rings. The lowest BCUT2D eigenvalue weighted by atomic mass is 10.5. The van der Waals surface area contributed by atoms with E-state index in [0.29, 0.717) is 16.3 Å². The first kappa shape index (κ1) is 12.5. The topological polar surface area (TPSA) is 61.8 Å². The zero-order chi connectivity index (χ0) is 13.4. The molecule has 0 aliphatic rings. The molecule has 0 aliphatic heterocycles. The summed E-state index contributed by atoms with van der Waals surface area (Å²) in [4.78, 5) is 28.4. The van der Waals surface area contributed by atoms with Crippen molar-refractivity contribution in [2.75, 3.05) is 6.26 Å². The Morgan fingerprint density at radius 3 is 2.56 bits per heavy atom. The van der Waals surface area contributed by atoms with Crippen molar-refractivity contribution in [3.8, 4) is 12.3 Å². The van der Waals surface area contributed by atoms with Crippen molar-refractivity contribution in [3.05, 3.63) is 20.8 Å². The van der Waals surface area contributed by atoms with Crippen LogP contribution >= 0.6 is 11.8 Å². The molecule has 0 unspecified atom stereocenters. The highest BCUT2D eigenvalue weighted by molar-refractivity contribution is 7.98. The summed E-state index contributed by atoms with van der Waals surface area (Å²) in [5, 5.41) is 0.665. The number of fused-ring (bicyclic) bond motifs is 1. The first-order valence-electron chi connectivity index (χ1n) is 5.16. The second kappa shape index (κ2) is 4.38. The van der Waals surface area contributed by atoms with E-state index in [1.807, 2.05) is 6.26 Å². The lowest BCUT2D eigenvalue weighted by Crippen LogP contribution is -2.38. The molecule has 18 heavy (non-hydrogen) atoms. The monoisotopic (exact) mass is 264 g/mol. The number of imidazole rings is 1. The fourth-order valence-electron chi connectivity index (χ4n) is 1.83. The van der Waals surface area contributed by atoms with Crippen molar-refractivity contribution in [1.82, 2.24) is 18.7 Å². The first-order chi connectivity index (χ1) is 8.52. The average molecular weight is 264 g/mol. The number of aryl methyl sites for hydroxylation is 1. The highest BCUT2D eigenvalue weighted by Gasteiger charge is 2.17. The van der Waals surface area contributed by atoms with Crippen molar-refractivity contribution < 1.29 is 0 Å². The van der Waals surface area contributed by atoms with E-state index in [1.165, 1.54) is 23.4 Å². The number of nitrogens with zero attached hydrogens (tertiary/aromatic N) is 4. The Bertz CT molecular complexity index is 775. The number of hydrogen-bond donors (Lipinski definition) is 0. The fourth-order valence-corrected chi connectivity index (χ4v) is 2.37. The van der Waals surface area contributed by atoms with Gasteiger partial charge < -0.3 is 4.57 Å². The van der Waals surface area contributed by atoms with E-state index in [1.54, 1.807) is 11.6 Å². The fraction of sp³-hybridized carbons (Fsp3) is 0.364. The second-order valence-electron chi connectivity index (χ2n) is 3.77.